The number of rotatable bonds is 2. The summed E-state index contributed by atoms with van der Waals surface area (Å²) in [6.07, 6.45) is 0.616. The normalized spacial score (nSPS) is 23.6. The highest BCUT2D eigenvalue weighted by Gasteiger charge is 2.30. The van der Waals surface area contributed by atoms with Crippen LogP contribution in [0.15, 0.2) is 18.2 Å². The summed E-state index contributed by atoms with van der Waals surface area (Å²) in [5.74, 6) is 0.215. The molecule has 1 heterocycles. The molecule has 0 saturated carbocycles. The van der Waals surface area contributed by atoms with Crippen molar-refractivity contribution in [2.24, 2.45) is 5.92 Å². The smallest absolute Gasteiger partial charge is 0.253 e. The number of nitrogens with two attached hydrogens (primary N) is 1. The SMILES string of the molecule is Cc1cc(N)ccc1NC(=O)C1OCCC1C. The molecule has 3 N–H and O–H groups in total. The molecule has 0 bridgehead atoms. The van der Waals surface area contributed by atoms with E-state index in [-0.39, 0.29) is 17.9 Å². The maximum absolute atomic E-state index is 12.0. The summed E-state index contributed by atoms with van der Waals surface area (Å²) in [5, 5.41) is 2.89. The molecule has 17 heavy (non-hydrogen) atoms. The van der Waals surface area contributed by atoms with E-state index in [9.17, 15) is 4.79 Å². The van der Waals surface area contributed by atoms with Crippen LogP contribution in [0.3, 0.4) is 0 Å². The zero-order valence-electron chi connectivity index (χ0n) is 10.2. The highest BCUT2D eigenvalue weighted by atomic mass is 16.5. The van der Waals surface area contributed by atoms with E-state index in [1.54, 1.807) is 6.07 Å². The van der Waals surface area contributed by atoms with E-state index in [0.717, 1.165) is 17.7 Å². The Morgan fingerprint density at radius 3 is 2.88 bits per heavy atom. The first-order valence-corrected chi connectivity index (χ1v) is 5.86. The maximum Gasteiger partial charge on any atom is 0.253 e. The van der Waals surface area contributed by atoms with Crippen molar-refractivity contribution in [1.29, 1.82) is 0 Å². The first-order chi connectivity index (χ1) is 8.08. The molecule has 1 aromatic carbocycles. The Balaban J connectivity index is 2.07. The van der Waals surface area contributed by atoms with Gasteiger partial charge in [0.1, 0.15) is 6.10 Å². The monoisotopic (exact) mass is 234 g/mol. The predicted octanol–water partition coefficient (Wildman–Crippen LogP) is 1.94. The minimum Gasteiger partial charge on any atom is -0.399 e. The van der Waals surface area contributed by atoms with Gasteiger partial charge in [-0.3, -0.25) is 4.79 Å². The van der Waals surface area contributed by atoms with Crippen LogP contribution in [0.25, 0.3) is 0 Å². The Kier molecular flexibility index (Phi) is 3.33. The number of hydrogen-bond acceptors (Lipinski definition) is 3. The van der Waals surface area contributed by atoms with Crippen molar-refractivity contribution in [2.45, 2.75) is 26.4 Å². The van der Waals surface area contributed by atoms with Crippen LogP contribution >= 0.6 is 0 Å². The van der Waals surface area contributed by atoms with Gasteiger partial charge in [-0.15, -0.1) is 0 Å². The Labute approximate surface area is 101 Å². The molecule has 0 radical (unpaired) electrons. The maximum atomic E-state index is 12.0. The number of carbonyl (C=O) groups is 1. The summed E-state index contributed by atoms with van der Waals surface area (Å²) >= 11 is 0. The summed E-state index contributed by atoms with van der Waals surface area (Å²) in [4.78, 5) is 12.0. The lowest BCUT2D eigenvalue weighted by molar-refractivity contribution is -0.126. The average Bonchev–Trinajstić information content (AvgIpc) is 2.68. The van der Waals surface area contributed by atoms with E-state index in [0.29, 0.717) is 12.3 Å². The molecule has 2 rings (SSSR count). The average molecular weight is 234 g/mol. The van der Waals surface area contributed by atoms with Crippen molar-refractivity contribution in [3.8, 4) is 0 Å². The van der Waals surface area contributed by atoms with Crippen LogP contribution in [-0.2, 0) is 9.53 Å². The summed E-state index contributed by atoms with van der Waals surface area (Å²) in [6, 6.07) is 5.44. The fourth-order valence-electron chi connectivity index (χ4n) is 2.06. The standard InChI is InChI=1S/C13H18N2O2/c1-8-5-6-17-12(8)13(16)15-11-4-3-10(14)7-9(11)2/h3-4,7-8,12H,5-6,14H2,1-2H3,(H,15,16). The van der Waals surface area contributed by atoms with Crippen LogP contribution in [0, 0.1) is 12.8 Å². The van der Waals surface area contributed by atoms with Crippen molar-refractivity contribution in [1.82, 2.24) is 0 Å². The van der Waals surface area contributed by atoms with Gasteiger partial charge in [-0.2, -0.15) is 0 Å². The Hall–Kier alpha value is -1.55. The molecule has 1 saturated heterocycles. The van der Waals surface area contributed by atoms with Crippen LogP contribution in [0.4, 0.5) is 11.4 Å². The highest BCUT2D eigenvalue weighted by Crippen LogP contribution is 2.23. The van der Waals surface area contributed by atoms with Crippen LogP contribution in [0.5, 0.6) is 0 Å². The third-order valence-corrected chi connectivity index (χ3v) is 3.15. The van der Waals surface area contributed by atoms with E-state index in [4.69, 9.17) is 10.5 Å². The molecule has 2 atom stereocenters. The van der Waals surface area contributed by atoms with Crippen LogP contribution in [0.1, 0.15) is 18.9 Å². The number of amides is 1. The zero-order valence-corrected chi connectivity index (χ0v) is 10.2. The first-order valence-electron chi connectivity index (χ1n) is 5.86. The van der Waals surface area contributed by atoms with Crippen LogP contribution < -0.4 is 11.1 Å². The number of anilines is 2. The summed E-state index contributed by atoms with van der Waals surface area (Å²) < 4.78 is 5.43. The van der Waals surface area contributed by atoms with Gasteiger partial charge in [0, 0.05) is 18.0 Å². The van der Waals surface area contributed by atoms with Crippen molar-refractivity contribution in [3.05, 3.63) is 23.8 Å². The van der Waals surface area contributed by atoms with Gasteiger partial charge in [-0.25, -0.2) is 0 Å². The van der Waals surface area contributed by atoms with Gasteiger partial charge in [0.25, 0.3) is 5.91 Å². The largest absolute Gasteiger partial charge is 0.399 e. The molecule has 4 heteroatoms. The predicted molar refractivity (Wildman–Crippen MR) is 67.7 cm³/mol. The van der Waals surface area contributed by atoms with Gasteiger partial charge in [0.2, 0.25) is 0 Å². The lowest BCUT2D eigenvalue weighted by atomic mass is 10.0. The van der Waals surface area contributed by atoms with Gasteiger partial charge < -0.3 is 15.8 Å². The van der Waals surface area contributed by atoms with E-state index in [1.807, 2.05) is 26.0 Å². The molecule has 0 aliphatic carbocycles. The molecule has 1 fully saturated rings. The lowest BCUT2D eigenvalue weighted by Crippen LogP contribution is -2.31. The van der Waals surface area contributed by atoms with E-state index >= 15 is 0 Å². The fourth-order valence-corrected chi connectivity index (χ4v) is 2.06. The molecular formula is C13H18N2O2. The minimum atomic E-state index is -0.327. The lowest BCUT2D eigenvalue weighted by Gasteiger charge is -2.15. The molecule has 1 aliphatic rings. The molecule has 4 nitrogen and oxygen atoms in total. The minimum absolute atomic E-state index is 0.0668. The third-order valence-electron chi connectivity index (χ3n) is 3.15. The second-order valence-electron chi connectivity index (χ2n) is 4.62. The van der Waals surface area contributed by atoms with E-state index in [1.165, 1.54) is 0 Å². The zero-order chi connectivity index (χ0) is 12.4. The summed E-state index contributed by atoms with van der Waals surface area (Å²) in [5.41, 5.74) is 8.13. The first kappa shape index (κ1) is 11.9. The molecule has 2 unspecified atom stereocenters. The summed E-state index contributed by atoms with van der Waals surface area (Å²) in [7, 11) is 0. The van der Waals surface area contributed by atoms with E-state index < -0.39 is 0 Å². The number of aryl methyl sites for hydroxylation is 1. The molecule has 1 aromatic rings. The summed E-state index contributed by atoms with van der Waals surface area (Å²) in [6.45, 7) is 4.62. The van der Waals surface area contributed by atoms with Gasteiger partial charge in [0.15, 0.2) is 0 Å². The molecule has 1 aliphatic heterocycles. The Morgan fingerprint density at radius 2 is 2.29 bits per heavy atom. The second kappa shape index (κ2) is 4.75. The Bertz CT molecular complexity index is 431. The van der Waals surface area contributed by atoms with Crippen molar-refractivity contribution < 1.29 is 9.53 Å². The molecule has 0 aromatic heterocycles. The highest BCUT2D eigenvalue weighted by molar-refractivity contribution is 5.95. The van der Waals surface area contributed by atoms with Crippen LogP contribution in [0.2, 0.25) is 0 Å². The number of ether oxygens (including phenoxy) is 1. The third kappa shape index (κ3) is 2.58. The number of carbonyl (C=O) groups excluding carboxylic acids is 1. The van der Waals surface area contributed by atoms with Gasteiger partial charge in [-0.05, 0) is 43.0 Å². The number of nitrogens with one attached hydrogen (secondary N) is 1. The van der Waals surface area contributed by atoms with Crippen molar-refractivity contribution in [3.63, 3.8) is 0 Å². The van der Waals surface area contributed by atoms with Gasteiger partial charge in [-0.1, -0.05) is 6.92 Å². The van der Waals surface area contributed by atoms with Gasteiger partial charge >= 0.3 is 0 Å². The molecular weight excluding hydrogens is 216 g/mol. The van der Waals surface area contributed by atoms with Crippen molar-refractivity contribution in [2.75, 3.05) is 17.7 Å². The molecule has 0 spiro atoms. The van der Waals surface area contributed by atoms with Crippen molar-refractivity contribution >= 4 is 17.3 Å². The number of hydrogen-bond donors (Lipinski definition) is 2. The fraction of sp³-hybridized carbons (Fsp3) is 0.462. The second-order valence-corrected chi connectivity index (χ2v) is 4.62. The quantitative estimate of drug-likeness (QED) is 0.769. The molecule has 1 amide bonds. The number of nitrogen functional groups attached to an aromatic ring is 1. The van der Waals surface area contributed by atoms with Gasteiger partial charge in [0.05, 0.1) is 0 Å². The molecule has 92 valence electrons. The Morgan fingerprint density at radius 1 is 1.53 bits per heavy atom. The topological polar surface area (TPSA) is 64.3 Å². The van der Waals surface area contributed by atoms with Crippen LogP contribution in [-0.4, -0.2) is 18.6 Å². The van der Waals surface area contributed by atoms with E-state index in [2.05, 4.69) is 5.32 Å². The number of benzene rings is 1.